The number of carbonyl (C=O) groups excluding carboxylic acids is 1. The molecule has 44 heavy (non-hydrogen) atoms. The largest absolute Gasteiger partial charge is 0.507 e. The number of aromatic amines is 1. The van der Waals surface area contributed by atoms with Gasteiger partial charge in [-0.25, -0.2) is 17.5 Å². The first kappa shape index (κ1) is 29.5. The van der Waals surface area contributed by atoms with Crippen molar-refractivity contribution in [3.8, 4) is 28.1 Å². The zero-order valence-electron chi connectivity index (χ0n) is 24.3. The van der Waals surface area contributed by atoms with Crippen molar-refractivity contribution in [2.24, 2.45) is 0 Å². The molecule has 10 heteroatoms. The number of hydrogen-bond donors (Lipinski definition) is 3. The van der Waals surface area contributed by atoms with Gasteiger partial charge in [-0.3, -0.25) is 9.78 Å². The molecule has 3 N–H and O–H groups in total. The number of phenolic OH excluding ortho intramolecular Hbond substituents is 1. The van der Waals surface area contributed by atoms with Crippen LogP contribution in [0.5, 0.6) is 5.75 Å². The Morgan fingerprint density at radius 2 is 1.77 bits per heavy atom. The molecule has 0 saturated carbocycles. The third-order valence-corrected chi connectivity index (χ3v) is 9.12. The minimum absolute atomic E-state index is 0.0610. The molecule has 0 radical (unpaired) electrons. The first-order chi connectivity index (χ1) is 21.1. The second kappa shape index (κ2) is 11.9. The van der Waals surface area contributed by atoms with E-state index in [-0.39, 0.29) is 23.9 Å². The molecule has 5 aromatic rings. The summed E-state index contributed by atoms with van der Waals surface area (Å²) in [7, 11) is -3.53. The van der Waals surface area contributed by atoms with Crippen LogP contribution >= 0.6 is 0 Å². The monoisotopic (exact) mass is 612 g/mol. The highest BCUT2D eigenvalue weighted by molar-refractivity contribution is 7.88. The van der Waals surface area contributed by atoms with E-state index < -0.39 is 15.6 Å². The van der Waals surface area contributed by atoms with Crippen LogP contribution in [0.15, 0.2) is 91.3 Å². The molecule has 0 spiro atoms. The fraction of sp³-hybridized carbons (Fsp3) is 0.235. The number of phenols is 1. The Bertz CT molecular complexity index is 1900. The van der Waals surface area contributed by atoms with Crippen molar-refractivity contribution in [3.63, 3.8) is 0 Å². The van der Waals surface area contributed by atoms with Gasteiger partial charge < -0.3 is 15.0 Å². The van der Waals surface area contributed by atoms with Crippen molar-refractivity contribution in [2.75, 3.05) is 19.3 Å². The number of H-pyrrole nitrogens is 1. The number of hydrogen-bond acceptors (Lipinski definition) is 5. The highest BCUT2D eigenvalue weighted by atomic mass is 32.2. The van der Waals surface area contributed by atoms with Crippen LogP contribution in [0.2, 0.25) is 0 Å². The number of nitrogens with zero attached hydrogens (tertiary/aromatic N) is 2. The maximum atomic E-state index is 13.7. The standard InChI is InChI=1S/C34H33FN4O4S/c1-44(42,43)38-34(21-23-6-10-27(35)11-7-23)13-16-39(17-14-34)33(41)20-25-9-8-24(28-4-2-3-5-32(28)40)18-29(25)30-19-26-12-15-36-22-31(26)37-30/h2-12,15,18-19,22,37-38,40H,13-14,16-17,20-21H2,1H3. The molecule has 0 bridgehead atoms. The van der Waals surface area contributed by atoms with E-state index >= 15 is 0 Å². The lowest BCUT2D eigenvalue weighted by Crippen LogP contribution is -2.57. The maximum absolute atomic E-state index is 13.7. The number of amides is 1. The van der Waals surface area contributed by atoms with E-state index in [0.717, 1.165) is 45.1 Å². The number of sulfonamides is 1. The van der Waals surface area contributed by atoms with E-state index in [9.17, 15) is 22.7 Å². The van der Waals surface area contributed by atoms with Gasteiger partial charge in [0.15, 0.2) is 0 Å². The zero-order chi connectivity index (χ0) is 30.9. The van der Waals surface area contributed by atoms with E-state index in [2.05, 4.69) is 14.7 Å². The first-order valence-electron chi connectivity index (χ1n) is 14.4. The van der Waals surface area contributed by atoms with Crippen LogP contribution in [0.25, 0.3) is 33.3 Å². The number of benzene rings is 3. The molecule has 3 aromatic carbocycles. The maximum Gasteiger partial charge on any atom is 0.227 e. The molecule has 1 amide bonds. The van der Waals surface area contributed by atoms with Gasteiger partial charge in [0.2, 0.25) is 15.9 Å². The van der Waals surface area contributed by atoms with Crippen LogP contribution in [-0.2, 0) is 27.7 Å². The van der Waals surface area contributed by atoms with Gasteiger partial charge >= 0.3 is 0 Å². The summed E-state index contributed by atoms with van der Waals surface area (Å²) in [5.41, 5.74) is 4.94. The van der Waals surface area contributed by atoms with Gasteiger partial charge in [0.25, 0.3) is 0 Å². The van der Waals surface area contributed by atoms with Gasteiger partial charge in [-0.2, -0.15) is 0 Å². The SMILES string of the molecule is CS(=O)(=O)NC1(Cc2ccc(F)cc2)CCN(C(=O)Cc2ccc(-c3ccccc3O)cc2-c2cc3ccncc3[nH]2)CC1. The number of rotatable bonds is 8. The summed E-state index contributed by atoms with van der Waals surface area (Å²) in [6.45, 7) is 0.762. The summed E-state index contributed by atoms with van der Waals surface area (Å²) in [6.07, 6.45) is 6.02. The summed E-state index contributed by atoms with van der Waals surface area (Å²) < 4.78 is 41.0. The van der Waals surface area contributed by atoms with Gasteiger partial charge in [-0.05, 0) is 72.4 Å². The van der Waals surface area contributed by atoms with Gasteiger partial charge in [0.05, 0.1) is 24.4 Å². The lowest BCUT2D eigenvalue weighted by Gasteiger charge is -2.42. The molecule has 2 aromatic heterocycles. The van der Waals surface area contributed by atoms with Crippen LogP contribution < -0.4 is 4.72 Å². The molecule has 1 saturated heterocycles. The molecule has 3 heterocycles. The summed E-state index contributed by atoms with van der Waals surface area (Å²) >= 11 is 0. The molecule has 226 valence electrons. The number of halogens is 1. The Morgan fingerprint density at radius 1 is 1.02 bits per heavy atom. The van der Waals surface area contributed by atoms with Gasteiger partial charge in [0.1, 0.15) is 11.6 Å². The smallest absolute Gasteiger partial charge is 0.227 e. The molecule has 1 aliphatic rings. The van der Waals surface area contributed by atoms with Crippen LogP contribution in [0.3, 0.4) is 0 Å². The minimum atomic E-state index is -3.53. The fourth-order valence-corrected chi connectivity index (χ4v) is 7.21. The Labute approximate surface area is 255 Å². The van der Waals surface area contributed by atoms with Gasteiger partial charge in [-0.1, -0.05) is 42.5 Å². The number of para-hydroxylation sites is 1. The number of nitrogens with one attached hydrogen (secondary N) is 2. The first-order valence-corrected chi connectivity index (χ1v) is 16.3. The van der Waals surface area contributed by atoms with Crippen LogP contribution in [-0.4, -0.2) is 59.2 Å². The second-order valence-corrected chi connectivity index (χ2v) is 13.3. The Hall–Kier alpha value is -4.54. The van der Waals surface area contributed by atoms with Crippen molar-refractivity contribution in [1.82, 2.24) is 19.6 Å². The Balaban J connectivity index is 1.26. The van der Waals surface area contributed by atoms with E-state index in [1.54, 1.807) is 41.6 Å². The Morgan fingerprint density at radius 3 is 2.48 bits per heavy atom. The summed E-state index contributed by atoms with van der Waals surface area (Å²) in [4.78, 5) is 23.1. The summed E-state index contributed by atoms with van der Waals surface area (Å²) in [6, 6.07) is 23.0. The molecule has 6 rings (SSSR count). The summed E-state index contributed by atoms with van der Waals surface area (Å²) in [5, 5.41) is 11.5. The van der Waals surface area contributed by atoms with Crippen molar-refractivity contribution >= 4 is 26.8 Å². The normalized spacial score (nSPS) is 15.0. The highest BCUT2D eigenvalue weighted by Gasteiger charge is 2.38. The topological polar surface area (TPSA) is 115 Å². The van der Waals surface area contributed by atoms with Crippen molar-refractivity contribution in [2.45, 2.75) is 31.2 Å². The lowest BCUT2D eigenvalue weighted by atomic mass is 9.82. The Kier molecular flexibility index (Phi) is 7.96. The number of carbonyl (C=O) groups is 1. The minimum Gasteiger partial charge on any atom is -0.507 e. The van der Waals surface area contributed by atoms with Crippen molar-refractivity contribution in [3.05, 3.63) is 108 Å². The van der Waals surface area contributed by atoms with E-state index in [4.69, 9.17) is 0 Å². The number of aromatic nitrogens is 2. The highest BCUT2D eigenvalue weighted by Crippen LogP contribution is 2.35. The quantitative estimate of drug-likeness (QED) is 0.216. The number of piperidine rings is 1. The number of pyridine rings is 1. The fourth-order valence-electron chi connectivity index (χ4n) is 6.14. The lowest BCUT2D eigenvalue weighted by molar-refractivity contribution is -0.132. The molecular formula is C34H33FN4O4S. The molecule has 0 aliphatic carbocycles. The van der Waals surface area contributed by atoms with Crippen molar-refractivity contribution < 1.29 is 22.7 Å². The molecule has 1 fully saturated rings. The molecule has 1 aliphatic heterocycles. The molecule has 8 nitrogen and oxygen atoms in total. The molecule has 0 atom stereocenters. The third kappa shape index (κ3) is 6.51. The van der Waals surface area contributed by atoms with Crippen LogP contribution in [0, 0.1) is 5.82 Å². The third-order valence-electron chi connectivity index (χ3n) is 8.31. The van der Waals surface area contributed by atoms with E-state index in [1.165, 1.54) is 12.1 Å². The summed E-state index contributed by atoms with van der Waals surface area (Å²) in [5.74, 6) is -0.242. The van der Waals surface area contributed by atoms with E-state index in [1.807, 2.05) is 42.5 Å². The molecular weight excluding hydrogens is 579 g/mol. The molecule has 0 unspecified atom stereocenters. The zero-order valence-corrected chi connectivity index (χ0v) is 25.1. The van der Waals surface area contributed by atoms with Gasteiger partial charge in [-0.15, -0.1) is 0 Å². The number of aromatic hydroxyl groups is 1. The average Bonchev–Trinajstić information content (AvgIpc) is 3.43. The number of likely N-dealkylation sites (tertiary alicyclic amines) is 1. The van der Waals surface area contributed by atoms with Gasteiger partial charge in [0, 0.05) is 47.0 Å². The average molecular weight is 613 g/mol. The van der Waals surface area contributed by atoms with Crippen molar-refractivity contribution in [1.29, 1.82) is 0 Å². The van der Waals surface area contributed by atoms with Crippen LogP contribution in [0.1, 0.15) is 24.0 Å². The predicted octanol–water partition coefficient (Wildman–Crippen LogP) is 5.44. The van der Waals surface area contributed by atoms with E-state index in [0.29, 0.717) is 37.9 Å². The predicted molar refractivity (Wildman–Crippen MR) is 169 cm³/mol. The second-order valence-electron chi connectivity index (χ2n) is 11.6. The number of fused-ring (bicyclic) bond motifs is 1. The van der Waals surface area contributed by atoms with Crippen LogP contribution in [0.4, 0.5) is 4.39 Å².